The molecule has 0 unspecified atom stereocenters. The topological polar surface area (TPSA) is 0 Å². The zero-order valence-corrected chi connectivity index (χ0v) is 10.2. The van der Waals surface area contributed by atoms with E-state index in [1.807, 2.05) is 0 Å². The Morgan fingerprint density at radius 3 is 1.33 bits per heavy atom. The van der Waals surface area contributed by atoms with Gasteiger partial charge >= 0.3 is 0 Å². The number of hydrogen-bond acceptors (Lipinski definition) is 0. The standard InChI is InChI=1S/C6H11.2CH3.Hf/c1-2-4-6-5-3-1;;;/h1H,2-6H2;2*1H3;/q3*-1;. The average molecular weight is 292 g/mol. The number of hydrogen-bond donors (Lipinski definition) is 0. The molecule has 0 aliphatic heterocycles. The predicted octanol–water partition coefficient (Wildman–Crippen LogP) is 3.05. The molecule has 1 rings (SSSR count). The second-order valence-corrected chi connectivity index (χ2v) is 1.93. The van der Waals surface area contributed by atoms with E-state index < -0.39 is 0 Å². The first-order chi connectivity index (χ1) is 3.00. The number of rotatable bonds is 0. The van der Waals surface area contributed by atoms with Crippen molar-refractivity contribution in [2.24, 2.45) is 0 Å². The first-order valence-electron chi connectivity index (χ1n) is 2.82. The molecular weight excluding hydrogens is 275 g/mol. The Kier molecular flexibility index (Phi) is 21.3. The van der Waals surface area contributed by atoms with Crippen LogP contribution in [0, 0.1) is 21.3 Å². The molecule has 0 aromatic rings. The summed E-state index contributed by atoms with van der Waals surface area (Å²) in [6.45, 7) is 0. The smallest absolute Gasteiger partial charge is 0 e. The van der Waals surface area contributed by atoms with Crippen molar-refractivity contribution >= 4 is 0 Å². The predicted molar refractivity (Wildman–Crippen MR) is 40.2 cm³/mol. The molecule has 0 atom stereocenters. The van der Waals surface area contributed by atoms with Gasteiger partial charge in [-0.15, -0.1) is 0 Å². The van der Waals surface area contributed by atoms with Crippen molar-refractivity contribution in [3.63, 3.8) is 0 Å². The van der Waals surface area contributed by atoms with E-state index in [9.17, 15) is 0 Å². The normalized spacial score (nSPS) is 16.0. The molecule has 0 saturated heterocycles. The Balaban J connectivity index is -0.000000120. The molecule has 1 saturated carbocycles. The molecule has 0 radical (unpaired) electrons. The summed E-state index contributed by atoms with van der Waals surface area (Å²) in [5.74, 6) is 0. The molecule has 0 bridgehead atoms. The van der Waals surface area contributed by atoms with E-state index in [4.69, 9.17) is 0 Å². The van der Waals surface area contributed by atoms with E-state index >= 15 is 0 Å². The van der Waals surface area contributed by atoms with Crippen LogP contribution >= 0.6 is 0 Å². The fraction of sp³-hybridized carbons (Fsp3) is 0.625. The van der Waals surface area contributed by atoms with Crippen LogP contribution in [0.1, 0.15) is 32.1 Å². The molecule has 1 fully saturated rings. The third kappa shape index (κ3) is 8.87. The average Bonchev–Trinajstić information content (AvgIpc) is 1.72. The third-order valence-corrected chi connectivity index (χ3v) is 1.32. The molecule has 56 valence electrons. The van der Waals surface area contributed by atoms with Gasteiger partial charge in [0, 0.05) is 25.8 Å². The van der Waals surface area contributed by atoms with Crippen LogP contribution in [-0.4, -0.2) is 0 Å². The minimum atomic E-state index is 0. The molecule has 1 heteroatoms. The van der Waals surface area contributed by atoms with Crippen LogP contribution in [0.25, 0.3) is 0 Å². The monoisotopic (exact) mass is 293 g/mol. The summed E-state index contributed by atoms with van der Waals surface area (Å²) in [5, 5.41) is 0. The zero-order valence-electron chi connectivity index (χ0n) is 6.61. The summed E-state index contributed by atoms with van der Waals surface area (Å²) >= 11 is 0. The van der Waals surface area contributed by atoms with Gasteiger partial charge in [-0.2, -0.15) is 12.8 Å². The van der Waals surface area contributed by atoms with Gasteiger partial charge < -0.3 is 21.3 Å². The molecule has 0 N–H and O–H groups in total. The minimum absolute atomic E-state index is 0. The summed E-state index contributed by atoms with van der Waals surface area (Å²) in [4.78, 5) is 0. The summed E-state index contributed by atoms with van der Waals surface area (Å²) in [5.41, 5.74) is 0. The Labute approximate surface area is 79.2 Å². The maximum absolute atomic E-state index is 2.39. The van der Waals surface area contributed by atoms with Crippen molar-refractivity contribution in [2.45, 2.75) is 32.1 Å². The summed E-state index contributed by atoms with van der Waals surface area (Å²) in [6, 6.07) is 0. The molecule has 0 amide bonds. The molecule has 0 aromatic heterocycles. The van der Waals surface area contributed by atoms with Crippen LogP contribution in [0.2, 0.25) is 0 Å². The summed E-state index contributed by atoms with van der Waals surface area (Å²) in [6.07, 6.45) is 9.50. The van der Waals surface area contributed by atoms with Crippen LogP contribution in [0.15, 0.2) is 0 Å². The zero-order chi connectivity index (χ0) is 4.24. The maximum atomic E-state index is 2.39. The third-order valence-electron chi connectivity index (χ3n) is 1.32. The Hall–Kier alpha value is 0.870. The van der Waals surface area contributed by atoms with Crippen molar-refractivity contribution in [1.29, 1.82) is 0 Å². The van der Waals surface area contributed by atoms with E-state index in [0.717, 1.165) is 0 Å². The molecule has 0 aromatic carbocycles. The maximum Gasteiger partial charge on any atom is 0 e. The molecule has 9 heavy (non-hydrogen) atoms. The van der Waals surface area contributed by atoms with E-state index in [1.165, 1.54) is 32.1 Å². The Morgan fingerprint density at radius 2 is 1.22 bits per heavy atom. The molecule has 0 nitrogen and oxygen atoms in total. The van der Waals surface area contributed by atoms with Crippen LogP contribution in [0.3, 0.4) is 0 Å². The quantitative estimate of drug-likeness (QED) is 0.475. The van der Waals surface area contributed by atoms with Crippen LogP contribution in [0.4, 0.5) is 0 Å². The van der Waals surface area contributed by atoms with Crippen LogP contribution in [-0.2, 0) is 25.8 Å². The largest absolute Gasteiger partial charge is 0.358 e. The van der Waals surface area contributed by atoms with Gasteiger partial charge in [0.05, 0.1) is 0 Å². The first kappa shape index (κ1) is 16.5. The fourth-order valence-corrected chi connectivity index (χ4v) is 0.898. The van der Waals surface area contributed by atoms with E-state index in [1.54, 1.807) is 0 Å². The summed E-state index contributed by atoms with van der Waals surface area (Å²) in [7, 11) is 0. The SMILES string of the molecule is [CH-]1CCCCC1.[CH3-].[CH3-].[Hf]. The minimum Gasteiger partial charge on any atom is -0.358 e. The van der Waals surface area contributed by atoms with Crippen molar-refractivity contribution in [2.75, 3.05) is 0 Å². The van der Waals surface area contributed by atoms with Crippen molar-refractivity contribution in [1.82, 2.24) is 0 Å². The molecule has 0 spiro atoms. The van der Waals surface area contributed by atoms with Crippen molar-refractivity contribution in [3.05, 3.63) is 21.3 Å². The van der Waals surface area contributed by atoms with E-state index in [-0.39, 0.29) is 40.7 Å². The van der Waals surface area contributed by atoms with Gasteiger partial charge in [-0.05, 0) is 0 Å². The first-order valence-corrected chi connectivity index (χ1v) is 2.82. The second-order valence-electron chi connectivity index (χ2n) is 1.93. The van der Waals surface area contributed by atoms with Gasteiger partial charge in [-0.25, -0.2) is 0 Å². The van der Waals surface area contributed by atoms with Gasteiger partial charge in [0.1, 0.15) is 0 Å². The van der Waals surface area contributed by atoms with Gasteiger partial charge in [-0.1, -0.05) is 19.3 Å². The second kappa shape index (κ2) is 11.6. The van der Waals surface area contributed by atoms with Gasteiger partial charge in [0.25, 0.3) is 0 Å². The van der Waals surface area contributed by atoms with Crippen LogP contribution in [0.5, 0.6) is 0 Å². The van der Waals surface area contributed by atoms with Gasteiger partial charge in [0.2, 0.25) is 0 Å². The van der Waals surface area contributed by atoms with Gasteiger partial charge in [-0.3, -0.25) is 0 Å². The van der Waals surface area contributed by atoms with Crippen LogP contribution < -0.4 is 0 Å². The molecule has 0 heterocycles. The van der Waals surface area contributed by atoms with Crippen molar-refractivity contribution < 1.29 is 25.8 Å². The molecule has 1 aliphatic rings. The van der Waals surface area contributed by atoms with E-state index in [0.29, 0.717) is 0 Å². The molecule has 1 aliphatic carbocycles. The molecular formula is C8H17Hf-3. The van der Waals surface area contributed by atoms with E-state index in [2.05, 4.69) is 6.42 Å². The fourth-order valence-electron chi connectivity index (χ4n) is 0.898. The Morgan fingerprint density at radius 1 is 0.778 bits per heavy atom. The van der Waals surface area contributed by atoms with Gasteiger partial charge in [0.15, 0.2) is 0 Å². The van der Waals surface area contributed by atoms with Crippen molar-refractivity contribution in [3.8, 4) is 0 Å². The summed E-state index contributed by atoms with van der Waals surface area (Å²) < 4.78 is 0. The Bertz CT molecular complexity index is 20.0.